The summed E-state index contributed by atoms with van der Waals surface area (Å²) in [5.41, 5.74) is 2.27. The molecule has 2 N–H and O–H groups in total. The fourth-order valence-electron chi connectivity index (χ4n) is 3.81. The van der Waals surface area contributed by atoms with E-state index >= 15 is 0 Å². The number of benzene rings is 1. The fraction of sp³-hybridized carbons (Fsp3) is 0.300. The van der Waals surface area contributed by atoms with Gasteiger partial charge in [0, 0.05) is 14.1 Å². The van der Waals surface area contributed by atoms with Crippen molar-refractivity contribution in [1.82, 2.24) is 15.2 Å². The number of sulfone groups is 1. The van der Waals surface area contributed by atoms with Crippen molar-refractivity contribution in [3.05, 3.63) is 56.5 Å². The number of aromatic amines is 1. The number of nitrogens with zero attached hydrogens (tertiary/aromatic N) is 1. The maximum atomic E-state index is 13.2. The summed E-state index contributed by atoms with van der Waals surface area (Å²) in [6.45, 7) is 0. The van der Waals surface area contributed by atoms with Crippen LogP contribution in [0.5, 0.6) is 0 Å². The molecular formula is C20H19Cl2N3O4S2. The van der Waals surface area contributed by atoms with Gasteiger partial charge in [0.05, 0.1) is 21.3 Å². The van der Waals surface area contributed by atoms with Gasteiger partial charge in [0.25, 0.3) is 5.91 Å². The molecule has 0 fully saturated rings. The predicted octanol–water partition coefficient (Wildman–Crippen LogP) is 3.44. The summed E-state index contributed by atoms with van der Waals surface area (Å²) in [7, 11) is -0.858. The lowest BCUT2D eigenvalue weighted by Gasteiger charge is -2.22. The fourth-order valence-corrected chi connectivity index (χ4v) is 7.35. The van der Waals surface area contributed by atoms with E-state index in [-0.39, 0.29) is 5.69 Å². The molecule has 2 atom stereocenters. The Balaban J connectivity index is 1.64. The molecule has 164 valence electrons. The number of hydrogen-bond acceptors (Lipinski definition) is 5. The molecule has 0 saturated heterocycles. The molecular weight excluding hydrogens is 481 g/mol. The van der Waals surface area contributed by atoms with Crippen LogP contribution in [-0.4, -0.2) is 56.0 Å². The van der Waals surface area contributed by atoms with Crippen LogP contribution >= 0.6 is 34.5 Å². The van der Waals surface area contributed by atoms with E-state index in [1.165, 1.54) is 30.3 Å². The summed E-state index contributed by atoms with van der Waals surface area (Å²) in [6.07, 6.45) is 0.351. The monoisotopic (exact) mass is 499 g/mol. The van der Waals surface area contributed by atoms with Gasteiger partial charge in [0.15, 0.2) is 9.84 Å². The van der Waals surface area contributed by atoms with Crippen LogP contribution in [0.4, 0.5) is 0 Å². The van der Waals surface area contributed by atoms with E-state index in [4.69, 9.17) is 23.2 Å². The minimum Gasteiger partial charge on any atom is -0.349 e. The smallest absolute Gasteiger partial charge is 0.268 e. The van der Waals surface area contributed by atoms with Crippen molar-refractivity contribution in [2.75, 3.05) is 19.8 Å². The van der Waals surface area contributed by atoms with E-state index in [9.17, 15) is 18.0 Å². The van der Waals surface area contributed by atoms with E-state index in [1.54, 1.807) is 18.2 Å². The first-order valence-corrected chi connectivity index (χ1v) is 12.6. The van der Waals surface area contributed by atoms with E-state index in [1.807, 2.05) is 12.1 Å². The molecule has 0 aliphatic heterocycles. The molecule has 0 bridgehead atoms. The number of halogens is 2. The van der Waals surface area contributed by atoms with Gasteiger partial charge in [-0.2, -0.15) is 0 Å². The zero-order valence-electron chi connectivity index (χ0n) is 16.6. The minimum atomic E-state index is -3.87. The quantitative estimate of drug-likeness (QED) is 0.561. The first-order valence-electron chi connectivity index (χ1n) is 9.35. The lowest BCUT2D eigenvalue weighted by atomic mass is 10.1. The van der Waals surface area contributed by atoms with Crippen LogP contribution in [0.1, 0.15) is 26.9 Å². The summed E-state index contributed by atoms with van der Waals surface area (Å²) in [4.78, 5) is 29.3. The molecule has 2 aromatic heterocycles. The molecule has 31 heavy (non-hydrogen) atoms. The number of hydrogen-bond donors (Lipinski definition) is 2. The van der Waals surface area contributed by atoms with Crippen molar-refractivity contribution in [3.63, 3.8) is 0 Å². The Morgan fingerprint density at radius 2 is 1.97 bits per heavy atom. The zero-order valence-corrected chi connectivity index (χ0v) is 19.8. The van der Waals surface area contributed by atoms with Crippen molar-refractivity contribution in [2.24, 2.45) is 0 Å². The number of rotatable bonds is 5. The Bertz CT molecular complexity index is 1300. The number of nitrogens with one attached hydrogen (secondary N) is 2. The van der Waals surface area contributed by atoms with Gasteiger partial charge in [0.1, 0.15) is 21.0 Å². The second kappa shape index (κ2) is 8.12. The predicted molar refractivity (Wildman–Crippen MR) is 123 cm³/mol. The third-order valence-corrected chi connectivity index (χ3v) is 9.25. The van der Waals surface area contributed by atoms with E-state index in [0.717, 1.165) is 10.3 Å². The van der Waals surface area contributed by atoms with Crippen molar-refractivity contribution < 1.29 is 18.0 Å². The molecule has 1 aromatic carbocycles. The highest BCUT2D eigenvalue weighted by Gasteiger charge is 2.43. The van der Waals surface area contributed by atoms with Crippen LogP contribution in [0.25, 0.3) is 10.2 Å². The van der Waals surface area contributed by atoms with Gasteiger partial charge in [-0.15, -0.1) is 11.3 Å². The van der Waals surface area contributed by atoms with Crippen LogP contribution in [0.15, 0.2) is 30.3 Å². The first-order chi connectivity index (χ1) is 14.6. The molecule has 3 aromatic rings. The molecule has 4 rings (SSSR count). The molecule has 0 radical (unpaired) electrons. The Kier molecular flexibility index (Phi) is 5.80. The number of carbonyl (C=O) groups is 2. The van der Waals surface area contributed by atoms with E-state index in [2.05, 4.69) is 10.3 Å². The molecule has 0 unspecified atom stereocenters. The molecule has 1 aliphatic rings. The molecule has 7 nitrogen and oxygen atoms in total. The highest BCUT2D eigenvalue weighted by Crippen LogP contribution is 2.40. The molecule has 1 aliphatic carbocycles. The van der Waals surface area contributed by atoms with Crippen LogP contribution in [0.3, 0.4) is 0 Å². The van der Waals surface area contributed by atoms with Crippen LogP contribution in [-0.2, 0) is 21.1 Å². The van der Waals surface area contributed by atoms with Crippen LogP contribution < -0.4 is 5.32 Å². The van der Waals surface area contributed by atoms with Gasteiger partial charge in [-0.3, -0.25) is 9.59 Å². The second-order valence-corrected chi connectivity index (χ2v) is 11.8. The first kappa shape index (κ1) is 22.1. The summed E-state index contributed by atoms with van der Waals surface area (Å²) in [5.74, 6) is -1.59. The Morgan fingerprint density at radius 1 is 1.26 bits per heavy atom. The highest BCUT2D eigenvalue weighted by molar-refractivity contribution is 7.92. The second-order valence-electron chi connectivity index (χ2n) is 7.61. The standard InChI is InChI=1S/C20H19Cl2N3O4S2/c1-25(2)15(26)9-31(28,29)18-11-6-4-3-5-10(11)7-12(18)24-20(27)13-8-14-17(23-13)16(21)19(22)30-14/h3-6,8,12,18,23H,7,9H2,1-2H3,(H,24,27)/t12-,18+/m1/s1. The SMILES string of the molecule is CN(C)C(=O)CS(=O)(=O)[C@H]1c2ccccc2C[C@H]1NC(=O)c1cc2sc(Cl)c(Cl)c2[nH]1. The number of carbonyl (C=O) groups excluding carboxylic acids is 2. The van der Waals surface area contributed by atoms with E-state index in [0.29, 0.717) is 26.9 Å². The zero-order chi connectivity index (χ0) is 22.5. The molecule has 2 heterocycles. The Labute approximate surface area is 193 Å². The molecule has 0 spiro atoms. The summed E-state index contributed by atoms with van der Waals surface area (Å²) in [5, 5.41) is 2.18. The Hall–Kier alpha value is -2.07. The van der Waals surface area contributed by atoms with Gasteiger partial charge in [-0.1, -0.05) is 47.5 Å². The number of thiophene rings is 1. The van der Waals surface area contributed by atoms with Gasteiger partial charge >= 0.3 is 0 Å². The lowest BCUT2D eigenvalue weighted by Crippen LogP contribution is -2.42. The lowest BCUT2D eigenvalue weighted by molar-refractivity contribution is -0.125. The number of aromatic nitrogens is 1. The van der Waals surface area contributed by atoms with Gasteiger partial charge in [0.2, 0.25) is 5.91 Å². The average Bonchev–Trinajstić information content (AvgIpc) is 3.34. The van der Waals surface area contributed by atoms with Crippen molar-refractivity contribution >= 4 is 66.4 Å². The molecule has 11 heteroatoms. The van der Waals surface area contributed by atoms with Crippen LogP contribution in [0.2, 0.25) is 9.36 Å². The molecule has 0 saturated carbocycles. The van der Waals surface area contributed by atoms with Crippen molar-refractivity contribution in [1.29, 1.82) is 0 Å². The molecule has 2 amide bonds. The maximum Gasteiger partial charge on any atom is 0.268 e. The van der Waals surface area contributed by atoms with Crippen LogP contribution in [0, 0.1) is 0 Å². The maximum absolute atomic E-state index is 13.2. The number of fused-ring (bicyclic) bond motifs is 2. The third-order valence-electron chi connectivity index (χ3n) is 5.31. The van der Waals surface area contributed by atoms with Gasteiger partial charge in [-0.05, 0) is 23.6 Å². The third kappa shape index (κ3) is 4.07. The Morgan fingerprint density at radius 3 is 2.65 bits per heavy atom. The van der Waals surface area contributed by atoms with Gasteiger partial charge in [-0.25, -0.2) is 8.42 Å². The number of amides is 2. The normalized spacial score (nSPS) is 18.2. The van der Waals surface area contributed by atoms with Crippen molar-refractivity contribution in [3.8, 4) is 0 Å². The number of H-pyrrole nitrogens is 1. The average molecular weight is 500 g/mol. The van der Waals surface area contributed by atoms with Crippen molar-refractivity contribution in [2.45, 2.75) is 17.7 Å². The van der Waals surface area contributed by atoms with Gasteiger partial charge < -0.3 is 15.2 Å². The minimum absolute atomic E-state index is 0.260. The largest absolute Gasteiger partial charge is 0.349 e. The summed E-state index contributed by atoms with van der Waals surface area (Å²) < 4.78 is 27.5. The summed E-state index contributed by atoms with van der Waals surface area (Å²) in [6, 6.07) is 8.08. The summed E-state index contributed by atoms with van der Waals surface area (Å²) >= 11 is 13.4. The van der Waals surface area contributed by atoms with E-state index < -0.39 is 38.7 Å². The topological polar surface area (TPSA) is 99.3 Å². The highest BCUT2D eigenvalue weighted by atomic mass is 35.5.